The third-order valence-corrected chi connectivity index (χ3v) is 8.18. The maximum atomic E-state index is 13.2. The van der Waals surface area contributed by atoms with E-state index >= 15 is 0 Å². The van der Waals surface area contributed by atoms with E-state index < -0.39 is 24.1 Å². The average molecular weight is 659 g/mol. The highest BCUT2D eigenvalue weighted by Gasteiger charge is 2.30. The van der Waals surface area contributed by atoms with Gasteiger partial charge in [0.1, 0.15) is 56.8 Å². The van der Waals surface area contributed by atoms with E-state index in [0.29, 0.717) is 51.4 Å². The van der Waals surface area contributed by atoms with Gasteiger partial charge in [-0.05, 0) is 79.9 Å². The van der Waals surface area contributed by atoms with Crippen LogP contribution in [0.5, 0.6) is 11.5 Å². The van der Waals surface area contributed by atoms with Gasteiger partial charge in [0.25, 0.3) is 0 Å². The summed E-state index contributed by atoms with van der Waals surface area (Å²) in [6.07, 6.45) is 0.849. The quantitative estimate of drug-likeness (QED) is 0.198. The molecule has 2 unspecified atom stereocenters. The molecule has 6 aromatic rings. The number of benzene rings is 4. The molecule has 0 spiro atoms. The molecule has 0 amide bonds. The molecule has 2 aromatic heterocycles. The van der Waals surface area contributed by atoms with Gasteiger partial charge in [-0.25, -0.2) is 9.59 Å². The molecular formula is C32H24Cl2N6O6. The highest BCUT2D eigenvalue weighted by molar-refractivity contribution is 6.31. The maximum absolute atomic E-state index is 13.2. The van der Waals surface area contributed by atoms with Crippen LogP contribution in [0.25, 0.3) is 33.4 Å². The number of esters is 2. The minimum atomic E-state index is -0.734. The van der Waals surface area contributed by atoms with E-state index in [1.54, 1.807) is 60.7 Å². The van der Waals surface area contributed by atoms with Crippen molar-refractivity contribution >= 4 is 57.2 Å². The van der Waals surface area contributed by atoms with Crippen molar-refractivity contribution in [3.05, 3.63) is 94.0 Å². The van der Waals surface area contributed by atoms with Crippen LogP contribution in [0.4, 0.5) is 0 Å². The van der Waals surface area contributed by atoms with Crippen LogP contribution in [0.15, 0.2) is 72.8 Å². The number of phenolic OH excluding ortho intramolecular Hbond substituents is 2. The molecule has 1 fully saturated rings. The molecule has 4 aromatic carbocycles. The van der Waals surface area contributed by atoms with Crippen LogP contribution in [-0.2, 0) is 9.47 Å². The van der Waals surface area contributed by atoms with E-state index in [0.717, 1.165) is 0 Å². The number of aromatic hydroxyl groups is 2. The van der Waals surface area contributed by atoms with Crippen molar-refractivity contribution in [2.45, 2.75) is 37.9 Å². The highest BCUT2D eigenvalue weighted by Crippen LogP contribution is 2.32. The minimum absolute atomic E-state index is 0.0556. The number of ether oxygens (including phenoxy) is 2. The molecule has 1 aliphatic rings. The van der Waals surface area contributed by atoms with E-state index in [1.165, 1.54) is 21.7 Å². The fourth-order valence-electron chi connectivity index (χ4n) is 5.45. The number of halogens is 2. The summed E-state index contributed by atoms with van der Waals surface area (Å²) in [4.78, 5) is 28.8. The first kappa shape index (κ1) is 29.5. The lowest BCUT2D eigenvalue weighted by Crippen LogP contribution is -2.31. The van der Waals surface area contributed by atoms with E-state index in [-0.39, 0.29) is 40.4 Å². The Morgan fingerprint density at radius 1 is 0.652 bits per heavy atom. The number of hydrogen-bond donors (Lipinski definition) is 2. The first-order chi connectivity index (χ1) is 22.2. The van der Waals surface area contributed by atoms with Crippen LogP contribution < -0.4 is 0 Å². The molecule has 0 aliphatic heterocycles. The molecule has 2 heterocycles. The second-order valence-electron chi connectivity index (χ2n) is 10.8. The average Bonchev–Trinajstić information content (AvgIpc) is 3.65. The van der Waals surface area contributed by atoms with Gasteiger partial charge < -0.3 is 19.7 Å². The molecule has 0 radical (unpaired) electrons. The second-order valence-corrected chi connectivity index (χ2v) is 11.7. The molecule has 0 saturated heterocycles. The normalized spacial score (nSPS) is 16.5. The third kappa shape index (κ3) is 5.68. The lowest BCUT2D eigenvalue weighted by molar-refractivity contribution is -0.0179. The number of para-hydroxylation sites is 2. The van der Waals surface area contributed by atoms with Gasteiger partial charge in [-0.3, -0.25) is 0 Å². The summed E-state index contributed by atoms with van der Waals surface area (Å²) in [6.45, 7) is 0. The molecule has 1 saturated carbocycles. The molecule has 2 N–H and O–H groups in total. The number of carbonyl (C=O) groups is 2. The number of fused-ring (bicyclic) bond motifs is 2. The molecule has 12 nitrogen and oxygen atoms in total. The predicted octanol–water partition coefficient (Wildman–Crippen LogP) is 6.20. The number of rotatable bonds is 6. The van der Waals surface area contributed by atoms with Crippen LogP contribution in [0.3, 0.4) is 0 Å². The van der Waals surface area contributed by atoms with Gasteiger partial charge in [0.15, 0.2) is 11.5 Å². The third-order valence-electron chi connectivity index (χ3n) is 7.71. The number of carbonyl (C=O) groups excluding carboxylic acids is 2. The Hall–Kier alpha value is -5.20. The Morgan fingerprint density at radius 2 is 1.09 bits per heavy atom. The Bertz CT molecular complexity index is 2000. The van der Waals surface area contributed by atoms with Crippen LogP contribution in [-0.4, -0.2) is 64.3 Å². The van der Waals surface area contributed by atoms with Crippen molar-refractivity contribution in [2.24, 2.45) is 0 Å². The molecule has 0 bridgehead atoms. The molecule has 7 rings (SSSR count). The van der Waals surface area contributed by atoms with Gasteiger partial charge in [-0.2, -0.15) is 0 Å². The molecule has 46 heavy (non-hydrogen) atoms. The molecular weight excluding hydrogens is 635 g/mol. The van der Waals surface area contributed by atoms with Crippen molar-refractivity contribution in [3.8, 4) is 22.9 Å². The van der Waals surface area contributed by atoms with Gasteiger partial charge in [0.05, 0.1) is 0 Å². The zero-order chi connectivity index (χ0) is 31.9. The number of aromatic nitrogens is 6. The predicted molar refractivity (Wildman–Crippen MR) is 168 cm³/mol. The Morgan fingerprint density at radius 3 is 1.54 bits per heavy atom. The summed E-state index contributed by atoms with van der Waals surface area (Å²) >= 11 is 12.1. The lowest BCUT2D eigenvalue weighted by Gasteiger charge is -2.29. The molecule has 14 heteroatoms. The summed E-state index contributed by atoms with van der Waals surface area (Å²) in [7, 11) is 0. The molecule has 1 aliphatic carbocycles. The van der Waals surface area contributed by atoms with Crippen LogP contribution in [0, 0.1) is 0 Å². The van der Waals surface area contributed by atoms with Gasteiger partial charge >= 0.3 is 11.9 Å². The monoisotopic (exact) mass is 658 g/mol. The first-order valence-corrected chi connectivity index (χ1v) is 15.1. The summed E-state index contributed by atoms with van der Waals surface area (Å²) in [5, 5.41) is 40.4. The molecule has 2 atom stereocenters. The summed E-state index contributed by atoms with van der Waals surface area (Å²) in [5.74, 6) is -2.14. The number of nitrogens with zero attached hydrogens (tertiary/aromatic N) is 6. The fraction of sp³-hybridized carbons (Fsp3) is 0.188. The van der Waals surface area contributed by atoms with Crippen molar-refractivity contribution in [1.82, 2.24) is 30.0 Å². The topological polar surface area (TPSA) is 154 Å². The van der Waals surface area contributed by atoms with Crippen molar-refractivity contribution in [3.63, 3.8) is 0 Å². The second kappa shape index (κ2) is 12.0. The van der Waals surface area contributed by atoms with Gasteiger partial charge in [0, 0.05) is 16.5 Å². The van der Waals surface area contributed by atoms with Gasteiger partial charge in [-0.1, -0.05) is 35.3 Å². The summed E-state index contributed by atoms with van der Waals surface area (Å²) in [6, 6.07) is 19.3. The van der Waals surface area contributed by atoms with Crippen LogP contribution >= 0.6 is 23.2 Å². The smallest absolute Gasteiger partial charge is 0.342 e. The first-order valence-electron chi connectivity index (χ1n) is 14.4. The zero-order valence-corrected chi connectivity index (χ0v) is 25.4. The minimum Gasteiger partial charge on any atom is -0.505 e. The van der Waals surface area contributed by atoms with E-state index in [2.05, 4.69) is 20.4 Å². The Labute approximate surface area is 270 Å². The summed E-state index contributed by atoms with van der Waals surface area (Å²) in [5.41, 5.74) is 2.47. The standard InChI is InChI=1S/C32H24Cl2N6O6/c33-17-10-12-23-25(14-17)37-39(35-23)27-8-2-6-21(29(27)41)31(43)45-19-4-1-5-20(16-19)46-32(44)22-7-3-9-28(30(22)42)40-36-24-13-11-18(34)15-26(24)38-40/h2-3,6-15,19-20,41-42H,1,4-5,16H2. The fourth-order valence-corrected chi connectivity index (χ4v) is 5.78. The van der Waals surface area contributed by atoms with E-state index in [4.69, 9.17) is 32.7 Å². The van der Waals surface area contributed by atoms with Crippen molar-refractivity contribution < 1.29 is 29.3 Å². The Balaban J connectivity index is 1.03. The lowest BCUT2D eigenvalue weighted by atomic mass is 9.94. The highest BCUT2D eigenvalue weighted by atomic mass is 35.5. The largest absolute Gasteiger partial charge is 0.505 e. The van der Waals surface area contributed by atoms with E-state index in [9.17, 15) is 19.8 Å². The number of phenols is 2. The Kier molecular flexibility index (Phi) is 7.67. The number of hydrogen-bond acceptors (Lipinski definition) is 10. The van der Waals surface area contributed by atoms with Crippen LogP contribution in [0.1, 0.15) is 46.4 Å². The van der Waals surface area contributed by atoms with Crippen molar-refractivity contribution in [2.75, 3.05) is 0 Å². The SMILES string of the molecule is O=C(OC1CCCC(OC(=O)c2cccc(-n3nc4ccc(Cl)cc4n3)c2O)C1)c1cccc(-n2nc3ccc(Cl)cc3n2)c1O. The van der Waals surface area contributed by atoms with Crippen molar-refractivity contribution in [1.29, 1.82) is 0 Å². The summed E-state index contributed by atoms with van der Waals surface area (Å²) < 4.78 is 11.5. The van der Waals surface area contributed by atoms with E-state index in [1.807, 2.05) is 0 Å². The zero-order valence-electron chi connectivity index (χ0n) is 23.9. The van der Waals surface area contributed by atoms with Gasteiger partial charge in [0.2, 0.25) is 0 Å². The maximum Gasteiger partial charge on any atom is 0.342 e. The van der Waals surface area contributed by atoms with Crippen LogP contribution in [0.2, 0.25) is 10.0 Å². The van der Waals surface area contributed by atoms with Gasteiger partial charge in [-0.15, -0.1) is 30.0 Å². The molecule has 232 valence electrons.